The molecule has 0 aromatic heterocycles. The Morgan fingerprint density at radius 2 is 1.95 bits per heavy atom. The van der Waals surface area contributed by atoms with Crippen LogP contribution in [0.3, 0.4) is 0 Å². The van der Waals surface area contributed by atoms with E-state index in [0.717, 1.165) is 22.3 Å². The van der Waals surface area contributed by atoms with Crippen LogP contribution in [0.25, 0.3) is 0 Å². The van der Waals surface area contributed by atoms with Gasteiger partial charge in [0.05, 0.1) is 10.7 Å². The lowest BCUT2D eigenvalue weighted by Crippen LogP contribution is -2.37. The third-order valence-corrected chi connectivity index (χ3v) is 4.60. The van der Waals surface area contributed by atoms with Crippen LogP contribution in [0.15, 0.2) is 18.2 Å². The fourth-order valence-corrected chi connectivity index (χ4v) is 3.22. The molecule has 0 spiro atoms. The van der Waals surface area contributed by atoms with E-state index in [1.54, 1.807) is 0 Å². The highest BCUT2D eigenvalue weighted by Crippen LogP contribution is 2.29. The van der Waals surface area contributed by atoms with Crippen molar-refractivity contribution in [3.05, 3.63) is 23.2 Å². The van der Waals surface area contributed by atoms with Gasteiger partial charge in [0.15, 0.2) is 0 Å². The molecule has 1 unspecified atom stereocenters. The molecule has 1 aromatic rings. The van der Waals surface area contributed by atoms with E-state index in [0.29, 0.717) is 6.04 Å². The molecule has 0 radical (unpaired) electrons. The van der Waals surface area contributed by atoms with Crippen molar-refractivity contribution in [3.63, 3.8) is 0 Å². The van der Waals surface area contributed by atoms with E-state index in [1.807, 2.05) is 25.1 Å². The molecular formula is C16H26ClN3. The summed E-state index contributed by atoms with van der Waals surface area (Å²) in [6, 6.07) is 6.71. The number of anilines is 2. The van der Waals surface area contributed by atoms with Crippen LogP contribution in [-0.4, -0.2) is 45.2 Å². The molecule has 4 heteroatoms. The number of halogens is 1. The van der Waals surface area contributed by atoms with Gasteiger partial charge in [-0.25, -0.2) is 0 Å². The van der Waals surface area contributed by atoms with Gasteiger partial charge in [0.25, 0.3) is 0 Å². The van der Waals surface area contributed by atoms with Gasteiger partial charge in [0, 0.05) is 25.8 Å². The lowest BCUT2D eigenvalue weighted by Gasteiger charge is -2.33. The summed E-state index contributed by atoms with van der Waals surface area (Å²) in [6.45, 7) is 4.69. The summed E-state index contributed by atoms with van der Waals surface area (Å²) >= 11 is 6.32. The smallest absolute Gasteiger partial charge is 0.0659 e. The SMILES string of the molecule is CC(Nc1ccc(N(C)C)c(Cl)c1)C1CCN(C)CC1. The molecule has 1 aliphatic heterocycles. The molecule has 1 N–H and O–H groups in total. The highest BCUT2D eigenvalue weighted by molar-refractivity contribution is 6.33. The number of piperidine rings is 1. The van der Waals surface area contributed by atoms with Gasteiger partial charge in [-0.15, -0.1) is 0 Å². The van der Waals surface area contributed by atoms with E-state index >= 15 is 0 Å². The zero-order valence-electron chi connectivity index (χ0n) is 13.0. The van der Waals surface area contributed by atoms with Crippen LogP contribution < -0.4 is 10.2 Å². The molecule has 0 bridgehead atoms. The molecule has 1 aliphatic rings. The van der Waals surface area contributed by atoms with Gasteiger partial charge >= 0.3 is 0 Å². The predicted molar refractivity (Wildman–Crippen MR) is 89.1 cm³/mol. The molecule has 112 valence electrons. The van der Waals surface area contributed by atoms with Crippen LogP contribution >= 0.6 is 11.6 Å². The Morgan fingerprint density at radius 3 is 2.50 bits per heavy atom. The van der Waals surface area contributed by atoms with Crippen LogP contribution in [0.1, 0.15) is 19.8 Å². The summed E-state index contributed by atoms with van der Waals surface area (Å²) in [5, 5.41) is 4.41. The molecule has 3 nitrogen and oxygen atoms in total. The normalized spacial score (nSPS) is 18.9. The Hall–Kier alpha value is -0.930. The lowest BCUT2D eigenvalue weighted by atomic mass is 9.90. The van der Waals surface area contributed by atoms with Crippen LogP contribution in [0.4, 0.5) is 11.4 Å². The van der Waals surface area contributed by atoms with E-state index in [1.165, 1.54) is 25.9 Å². The van der Waals surface area contributed by atoms with Crippen molar-refractivity contribution in [1.82, 2.24) is 4.90 Å². The molecule has 2 rings (SSSR count). The first-order chi connectivity index (χ1) is 9.47. The van der Waals surface area contributed by atoms with Crippen molar-refractivity contribution in [2.24, 2.45) is 5.92 Å². The summed E-state index contributed by atoms with van der Waals surface area (Å²) in [5.41, 5.74) is 2.18. The molecule has 0 amide bonds. The monoisotopic (exact) mass is 295 g/mol. The zero-order valence-corrected chi connectivity index (χ0v) is 13.7. The first-order valence-corrected chi connectivity index (χ1v) is 7.77. The second kappa shape index (κ2) is 6.68. The largest absolute Gasteiger partial charge is 0.382 e. The summed E-state index contributed by atoms with van der Waals surface area (Å²) in [5.74, 6) is 0.749. The van der Waals surface area contributed by atoms with Crippen molar-refractivity contribution in [3.8, 4) is 0 Å². The molecule has 1 aromatic carbocycles. The molecule has 20 heavy (non-hydrogen) atoms. The number of rotatable bonds is 4. The van der Waals surface area contributed by atoms with Crippen molar-refractivity contribution in [1.29, 1.82) is 0 Å². The third-order valence-electron chi connectivity index (χ3n) is 4.29. The first kappa shape index (κ1) is 15.5. The fourth-order valence-electron chi connectivity index (χ4n) is 2.87. The molecular weight excluding hydrogens is 270 g/mol. The van der Waals surface area contributed by atoms with Crippen molar-refractivity contribution in [2.75, 3.05) is 44.4 Å². The Labute approximate surface area is 127 Å². The maximum absolute atomic E-state index is 6.32. The summed E-state index contributed by atoms with van der Waals surface area (Å²) in [6.07, 6.45) is 2.54. The van der Waals surface area contributed by atoms with Gasteiger partial charge < -0.3 is 15.1 Å². The van der Waals surface area contributed by atoms with Crippen molar-refractivity contribution in [2.45, 2.75) is 25.8 Å². The Bertz CT molecular complexity index is 439. The van der Waals surface area contributed by atoms with Gasteiger partial charge in [-0.2, -0.15) is 0 Å². The maximum Gasteiger partial charge on any atom is 0.0659 e. The minimum absolute atomic E-state index is 0.491. The molecule has 1 saturated heterocycles. The Morgan fingerprint density at radius 1 is 1.30 bits per heavy atom. The van der Waals surface area contributed by atoms with Crippen LogP contribution in [0.2, 0.25) is 5.02 Å². The molecule has 1 atom stereocenters. The predicted octanol–water partition coefficient (Wildman–Crippen LogP) is 3.55. The number of nitrogens with zero attached hydrogens (tertiary/aromatic N) is 2. The van der Waals surface area contributed by atoms with E-state index in [2.05, 4.69) is 36.3 Å². The molecule has 0 saturated carbocycles. The molecule has 1 fully saturated rings. The zero-order chi connectivity index (χ0) is 14.7. The highest BCUT2D eigenvalue weighted by atomic mass is 35.5. The van der Waals surface area contributed by atoms with Crippen LogP contribution in [0, 0.1) is 5.92 Å². The minimum Gasteiger partial charge on any atom is -0.382 e. The molecule has 0 aliphatic carbocycles. The number of hydrogen-bond acceptors (Lipinski definition) is 3. The number of likely N-dealkylation sites (tertiary alicyclic amines) is 1. The maximum atomic E-state index is 6.32. The van der Waals surface area contributed by atoms with Crippen molar-refractivity contribution >= 4 is 23.0 Å². The second-order valence-electron chi connectivity index (χ2n) is 6.13. The second-order valence-corrected chi connectivity index (χ2v) is 6.54. The minimum atomic E-state index is 0.491. The van der Waals surface area contributed by atoms with Crippen LogP contribution in [0.5, 0.6) is 0 Å². The average Bonchev–Trinajstić information content (AvgIpc) is 2.39. The van der Waals surface area contributed by atoms with Gasteiger partial charge in [0.1, 0.15) is 0 Å². The summed E-state index contributed by atoms with van der Waals surface area (Å²) in [4.78, 5) is 4.44. The lowest BCUT2D eigenvalue weighted by molar-refractivity contribution is 0.208. The first-order valence-electron chi connectivity index (χ1n) is 7.39. The fraction of sp³-hybridized carbons (Fsp3) is 0.625. The highest BCUT2D eigenvalue weighted by Gasteiger charge is 2.22. The standard InChI is InChI=1S/C16H26ClN3/c1-12(13-7-9-20(4)10-8-13)18-14-5-6-16(19(2)3)15(17)11-14/h5-6,11-13,18H,7-10H2,1-4H3. The topological polar surface area (TPSA) is 18.5 Å². The number of benzene rings is 1. The van der Waals surface area contributed by atoms with E-state index in [-0.39, 0.29) is 0 Å². The Kier molecular flexibility index (Phi) is 5.17. The van der Waals surface area contributed by atoms with E-state index in [9.17, 15) is 0 Å². The van der Waals surface area contributed by atoms with Gasteiger partial charge in [-0.1, -0.05) is 11.6 Å². The van der Waals surface area contributed by atoms with E-state index < -0.39 is 0 Å². The third kappa shape index (κ3) is 3.80. The number of nitrogens with one attached hydrogen (secondary N) is 1. The molecule has 1 heterocycles. The van der Waals surface area contributed by atoms with Crippen LogP contribution in [-0.2, 0) is 0 Å². The summed E-state index contributed by atoms with van der Waals surface area (Å²) < 4.78 is 0. The van der Waals surface area contributed by atoms with E-state index in [4.69, 9.17) is 11.6 Å². The summed E-state index contributed by atoms with van der Waals surface area (Å²) in [7, 11) is 6.22. The van der Waals surface area contributed by atoms with Crippen molar-refractivity contribution < 1.29 is 0 Å². The quantitative estimate of drug-likeness (QED) is 0.916. The Balaban J connectivity index is 1.97. The number of hydrogen-bond donors (Lipinski definition) is 1. The van der Waals surface area contributed by atoms with Gasteiger partial charge in [-0.05, 0) is 64.0 Å². The average molecular weight is 296 g/mol. The van der Waals surface area contributed by atoms with Gasteiger partial charge in [0.2, 0.25) is 0 Å². The van der Waals surface area contributed by atoms with Gasteiger partial charge in [-0.3, -0.25) is 0 Å².